The van der Waals surface area contributed by atoms with Crippen molar-refractivity contribution in [3.05, 3.63) is 24.0 Å². The van der Waals surface area contributed by atoms with Gasteiger partial charge < -0.3 is 10.3 Å². The molecule has 1 aromatic carbocycles. The summed E-state index contributed by atoms with van der Waals surface area (Å²) < 4.78 is 2.55. The number of nitrogens with two attached hydrogens (primary N) is 1. The molecule has 1 heterocycles. The lowest BCUT2D eigenvalue weighted by Gasteiger charge is -2.30. The summed E-state index contributed by atoms with van der Waals surface area (Å²) in [5, 5.41) is 0. The Hall–Kier alpha value is -1.51. The molecule has 2 aromatic rings. The van der Waals surface area contributed by atoms with Crippen LogP contribution >= 0.6 is 0 Å². The van der Waals surface area contributed by atoms with Gasteiger partial charge in [0, 0.05) is 17.6 Å². The lowest BCUT2D eigenvalue weighted by molar-refractivity contribution is 0.261. The van der Waals surface area contributed by atoms with Crippen LogP contribution < -0.4 is 5.73 Å². The second-order valence-corrected chi connectivity index (χ2v) is 7.26. The van der Waals surface area contributed by atoms with E-state index in [2.05, 4.69) is 24.5 Å². The minimum atomic E-state index is 0.374. The van der Waals surface area contributed by atoms with E-state index in [-0.39, 0.29) is 0 Å². The van der Waals surface area contributed by atoms with Gasteiger partial charge in [0.2, 0.25) is 0 Å². The van der Waals surface area contributed by atoms with Crippen molar-refractivity contribution in [1.82, 2.24) is 9.55 Å². The molecule has 1 atom stereocenters. The number of fused-ring (bicyclic) bond motifs is 1. The summed E-state index contributed by atoms with van der Waals surface area (Å²) in [4.78, 5) is 4.93. The maximum Gasteiger partial charge on any atom is 0.113 e. The molecule has 0 amide bonds. The number of aromatic nitrogens is 2. The predicted octanol–water partition coefficient (Wildman–Crippen LogP) is 4.25. The monoisotopic (exact) mass is 269 g/mol. The highest BCUT2D eigenvalue weighted by atomic mass is 15.1. The predicted molar refractivity (Wildman–Crippen MR) is 82.8 cm³/mol. The Morgan fingerprint density at radius 1 is 1.25 bits per heavy atom. The van der Waals surface area contributed by atoms with Crippen molar-refractivity contribution < 1.29 is 0 Å². The highest BCUT2D eigenvalue weighted by Crippen LogP contribution is 2.50. The first-order valence-electron chi connectivity index (χ1n) is 7.83. The smallest absolute Gasteiger partial charge is 0.113 e. The van der Waals surface area contributed by atoms with Crippen molar-refractivity contribution in [2.75, 3.05) is 5.73 Å². The van der Waals surface area contributed by atoms with E-state index in [0.29, 0.717) is 17.4 Å². The van der Waals surface area contributed by atoms with Crippen LogP contribution in [-0.4, -0.2) is 9.55 Å². The quantitative estimate of drug-likeness (QED) is 0.828. The van der Waals surface area contributed by atoms with Crippen LogP contribution in [0.3, 0.4) is 0 Å². The van der Waals surface area contributed by atoms with Crippen molar-refractivity contribution in [1.29, 1.82) is 0 Å². The van der Waals surface area contributed by atoms with E-state index >= 15 is 0 Å². The zero-order valence-electron chi connectivity index (χ0n) is 12.4. The Morgan fingerprint density at radius 2 is 2.05 bits per heavy atom. The SMILES string of the molecule is CC1(C)CCCC1n1c(C2CC2)nc2cc(N)ccc21. The van der Waals surface area contributed by atoms with Gasteiger partial charge in [0.25, 0.3) is 0 Å². The van der Waals surface area contributed by atoms with E-state index < -0.39 is 0 Å². The number of nitrogens with zero attached hydrogens (tertiary/aromatic N) is 2. The van der Waals surface area contributed by atoms with E-state index in [0.717, 1.165) is 11.2 Å². The van der Waals surface area contributed by atoms with E-state index in [4.69, 9.17) is 10.7 Å². The standard InChI is InChI=1S/C17H23N3/c1-17(2)9-3-4-15(17)20-14-8-7-12(18)10-13(14)19-16(20)11-5-6-11/h7-8,10-11,15H,3-6,9,18H2,1-2H3. The third-order valence-corrected chi connectivity index (χ3v) is 5.20. The first-order chi connectivity index (χ1) is 9.56. The fourth-order valence-corrected chi connectivity index (χ4v) is 3.88. The fraction of sp³-hybridized carbons (Fsp3) is 0.588. The summed E-state index contributed by atoms with van der Waals surface area (Å²) in [6, 6.07) is 6.79. The maximum atomic E-state index is 5.93. The average Bonchev–Trinajstić information content (AvgIpc) is 3.08. The summed E-state index contributed by atoms with van der Waals surface area (Å²) in [6.07, 6.45) is 6.52. The molecule has 2 aliphatic rings. The van der Waals surface area contributed by atoms with Gasteiger partial charge in [-0.1, -0.05) is 20.3 Å². The molecule has 0 bridgehead atoms. The molecule has 106 valence electrons. The molecule has 20 heavy (non-hydrogen) atoms. The number of anilines is 1. The third-order valence-electron chi connectivity index (χ3n) is 5.20. The highest BCUT2D eigenvalue weighted by molar-refractivity contribution is 5.80. The lowest BCUT2D eigenvalue weighted by Crippen LogP contribution is -2.23. The van der Waals surface area contributed by atoms with Gasteiger partial charge in [-0.15, -0.1) is 0 Å². The van der Waals surface area contributed by atoms with Gasteiger partial charge in [0.05, 0.1) is 11.0 Å². The maximum absolute atomic E-state index is 5.93. The molecule has 1 aromatic heterocycles. The molecule has 1 unspecified atom stereocenters. The average molecular weight is 269 g/mol. The largest absolute Gasteiger partial charge is 0.399 e. The molecule has 3 nitrogen and oxygen atoms in total. The van der Waals surface area contributed by atoms with Crippen LogP contribution in [-0.2, 0) is 0 Å². The zero-order valence-corrected chi connectivity index (χ0v) is 12.4. The molecular weight excluding hydrogens is 246 g/mol. The minimum Gasteiger partial charge on any atom is -0.399 e. The van der Waals surface area contributed by atoms with Gasteiger partial charge in [-0.2, -0.15) is 0 Å². The lowest BCUT2D eigenvalue weighted by atomic mass is 9.87. The van der Waals surface area contributed by atoms with Crippen LogP contribution in [0.2, 0.25) is 0 Å². The normalized spacial score (nSPS) is 25.4. The number of hydrogen-bond donors (Lipinski definition) is 1. The van der Waals surface area contributed by atoms with Crippen LogP contribution in [0.15, 0.2) is 18.2 Å². The number of imidazole rings is 1. The van der Waals surface area contributed by atoms with Crippen molar-refractivity contribution in [2.45, 2.75) is 57.9 Å². The molecule has 3 heteroatoms. The van der Waals surface area contributed by atoms with E-state index in [1.54, 1.807) is 0 Å². The Kier molecular flexibility index (Phi) is 2.45. The summed E-state index contributed by atoms with van der Waals surface area (Å²) in [5.74, 6) is 1.99. The third kappa shape index (κ3) is 1.75. The fourth-order valence-electron chi connectivity index (χ4n) is 3.88. The van der Waals surface area contributed by atoms with Crippen molar-refractivity contribution in [3.8, 4) is 0 Å². The molecule has 0 saturated heterocycles. The van der Waals surface area contributed by atoms with E-state index in [9.17, 15) is 0 Å². The second-order valence-electron chi connectivity index (χ2n) is 7.26. The summed E-state index contributed by atoms with van der Waals surface area (Å²) in [6.45, 7) is 4.81. The number of benzene rings is 1. The van der Waals surface area contributed by atoms with Crippen LogP contribution in [0.25, 0.3) is 11.0 Å². The number of nitrogen functional groups attached to an aromatic ring is 1. The van der Waals surface area contributed by atoms with Crippen molar-refractivity contribution in [2.24, 2.45) is 5.41 Å². The van der Waals surface area contributed by atoms with Gasteiger partial charge in [0.1, 0.15) is 5.82 Å². The summed E-state index contributed by atoms with van der Waals surface area (Å²) in [7, 11) is 0. The molecule has 0 spiro atoms. The van der Waals surface area contributed by atoms with Gasteiger partial charge >= 0.3 is 0 Å². The van der Waals surface area contributed by atoms with Gasteiger partial charge in [-0.3, -0.25) is 0 Å². The number of hydrogen-bond acceptors (Lipinski definition) is 2. The van der Waals surface area contributed by atoms with Crippen LogP contribution in [0.4, 0.5) is 5.69 Å². The Labute approximate surface area is 120 Å². The first-order valence-corrected chi connectivity index (χ1v) is 7.83. The van der Waals surface area contributed by atoms with E-state index in [1.165, 1.54) is 43.4 Å². The second kappa shape index (κ2) is 4.00. The molecule has 2 saturated carbocycles. The van der Waals surface area contributed by atoms with Crippen molar-refractivity contribution >= 4 is 16.7 Å². The van der Waals surface area contributed by atoms with Gasteiger partial charge in [-0.25, -0.2) is 4.98 Å². The van der Waals surface area contributed by atoms with Crippen molar-refractivity contribution in [3.63, 3.8) is 0 Å². The first kappa shape index (κ1) is 12.2. The molecule has 4 rings (SSSR count). The Balaban J connectivity index is 1.94. The van der Waals surface area contributed by atoms with Crippen LogP contribution in [0, 0.1) is 5.41 Å². The Bertz CT molecular complexity index is 664. The topological polar surface area (TPSA) is 43.8 Å². The minimum absolute atomic E-state index is 0.374. The summed E-state index contributed by atoms with van der Waals surface area (Å²) in [5.41, 5.74) is 9.48. The highest BCUT2D eigenvalue weighted by Gasteiger charge is 2.40. The van der Waals surface area contributed by atoms with Crippen LogP contribution in [0.5, 0.6) is 0 Å². The molecule has 0 aliphatic heterocycles. The number of rotatable bonds is 2. The van der Waals surface area contributed by atoms with Gasteiger partial charge in [0.15, 0.2) is 0 Å². The molecule has 2 aliphatic carbocycles. The molecular formula is C17H23N3. The zero-order chi connectivity index (χ0) is 13.9. The van der Waals surface area contributed by atoms with Gasteiger partial charge in [-0.05, 0) is 49.3 Å². The molecule has 2 fully saturated rings. The summed E-state index contributed by atoms with van der Waals surface area (Å²) >= 11 is 0. The molecule has 2 N–H and O–H groups in total. The van der Waals surface area contributed by atoms with E-state index in [1.807, 2.05) is 12.1 Å². The Morgan fingerprint density at radius 3 is 2.70 bits per heavy atom. The van der Waals surface area contributed by atoms with Crippen LogP contribution in [0.1, 0.15) is 63.7 Å². The molecule has 0 radical (unpaired) electrons.